The number of terminal acetylenes is 1. The Bertz CT molecular complexity index is 366. The zero-order valence-electron chi connectivity index (χ0n) is 11.1. The van der Waals surface area contributed by atoms with E-state index in [4.69, 9.17) is 6.42 Å². The second-order valence-corrected chi connectivity index (χ2v) is 4.42. The predicted octanol–water partition coefficient (Wildman–Crippen LogP) is 1.48. The molecule has 0 bridgehead atoms. The summed E-state index contributed by atoms with van der Waals surface area (Å²) in [6, 6.07) is 0. The number of aliphatic hydroxyl groups is 1. The third-order valence-electron chi connectivity index (χ3n) is 2.13. The highest BCUT2D eigenvalue weighted by atomic mass is 16.3. The van der Waals surface area contributed by atoms with E-state index in [1.165, 1.54) is 6.08 Å². The highest BCUT2D eigenvalue weighted by Crippen LogP contribution is 2.01. The monoisotopic (exact) mass is 247 g/mol. The summed E-state index contributed by atoms with van der Waals surface area (Å²) in [5.41, 5.74) is 0. The zero-order valence-corrected chi connectivity index (χ0v) is 11.1. The van der Waals surface area contributed by atoms with Gasteiger partial charge in [-0.25, -0.2) is 0 Å². The van der Waals surface area contributed by atoms with Crippen LogP contribution in [0.25, 0.3) is 0 Å². The quantitative estimate of drug-likeness (QED) is 0.529. The number of carbonyl (C=O) groups is 1. The van der Waals surface area contributed by atoms with Gasteiger partial charge in [-0.15, -0.1) is 6.42 Å². The summed E-state index contributed by atoms with van der Waals surface area (Å²) in [4.78, 5) is 11.3. The second-order valence-electron chi connectivity index (χ2n) is 4.42. The van der Waals surface area contributed by atoms with Crippen LogP contribution in [0.2, 0.25) is 0 Å². The Morgan fingerprint density at radius 2 is 2.22 bits per heavy atom. The molecule has 98 valence electrons. The summed E-state index contributed by atoms with van der Waals surface area (Å²) in [6.07, 6.45) is 9.20. The lowest BCUT2D eigenvalue weighted by atomic mass is 10.1. The highest BCUT2D eigenvalue weighted by molar-refractivity contribution is 5.87. The molecule has 1 unspecified atom stereocenters. The number of aliphatic hydroxyl groups excluding tert-OH is 1. The smallest absolute Gasteiger partial charge is 0.243 e. The van der Waals surface area contributed by atoms with E-state index in [0.29, 0.717) is 31.7 Å². The molecule has 3 nitrogen and oxygen atoms in total. The van der Waals surface area contributed by atoms with E-state index in [2.05, 4.69) is 23.1 Å². The molecule has 1 amide bonds. The summed E-state index contributed by atoms with van der Waals surface area (Å²) in [7, 11) is 0. The number of carbonyl (C=O) groups excluding carboxylic acids is 1. The Morgan fingerprint density at radius 3 is 2.83 bits per heavy atom. The molecule has 0 rings (SSSR count). The van der Waals surface area contributed by atoms with Crippen molar-refractivity contribution < 1.29 is 9.90 Å². The van der Waals surface area contributed by atoms with Crippen LogP contribution in [0.3, 0.4) is 0 Å². The van der Waals surface area contributed by atoms with E-state index in [1.54, 1.807) is 6.08 Å². The van der Waals surface area contributed by atoms with Crippen molar-refractivity contribution in [2.24, 2.45) is 5.92 Å². The largest absolute Gasteiger partial charge is 0.393 e. The van der Waals surface area contributed by atoms with Crippen molar-refractivity contribution in [2.45, 2.75) is 39.2 Å². The SMILES string of the molecule is C#CC#CCCC(O)CC=CC(=O)NCC(C)C. The van der Waals surface area contributed by atoms with Crippen LogP contribution in [-0.4, -0.2) is 23.7 Å². The molecule has 0 aromatic carbocycles. The molecule has 0 saturated carbocycles. The standard InChI is InChI=1S/C15H21NO2/c1-4-5-6-7-9-14(17)10-8-11-15(18)16-12-13(2)3/h1,8,11,13-14,17H,7,9-10,12H2,2-3H3,(H,16,18). The van der Waals surface area contributed by atoms with Crippen molar-refractivity contribution in [3.63, 3.8) is 0 Å². The lowest BCUT2D eigenvalue weighted by molar-refractivity contribution is -0.116. The van der Waals surface area contributed by atoms with Gasteiger partial charge in [0.05, 0.1) is 6.10 Å². The number of nitrogens with one attached hydrogen (secondary N) is 1. The van der Waals surface area contributed by atoms with E-state index in [-0.39, 0.29) is 5.91 Å². The Morgan fingerprint density at radius 1 is 1.50 bits per heavy atom. The number of hydrogen-bond acceptors (Lipinski definition) is 2. The van der Waals surface area contributed by atoms with Gasteiger partial charge in [-0.1, -0.05) is 25.8 Å². The van der Waals surface area contributed by atoms with Gasteiger partial charge in [-0.2, -0.15) is 0 Å². The molecule has 1 atom stereocenters. The first-order valence-electron chi connectivity index (χ1n) is 6.12. The minimum Gasteiger partial charge on any atom is -0.393 e. The first-order chi connectivity index (χ1) is 8.56. The van der Waals surface area contributed by atoms with Crippen molar-refractivity contribution in [2.75, 3.05) is 6.54 Å². The van der Waals surface area contributed by atoms with Crippen LogP contribution in [0.4, 0.5) is 0 Å². The molecule has 0 aromatic rings. The molecular weight excluding hydrogens is 226 g/mol. The van der Waals surface area contributed by atoms with Crippen LogP contribution in [0.5, 0.6) is 0 Å². The summed E-state index contributed by atoms with van der Waals surface area (Å²) in [5.74, 6) is 7.76. The van der Waals surface area contributed by atoms with Crippen molar-refractivity contribution in [3.05, 3.63) is 12.2 Å². The maximum absolute atomic E-state index is 11.3. The lowest BCUT2D eigenvalue weighted by Gasteiger charge is -2.05. The normalized spacial score (nSPS) is 11.7. The molecule has 0 radical (unpaired) electrons. The van der Waals surface area contributed by atoms with Crippen LogP contribution in [0.1, 0.15) is 33.1 Å². The minimum absolute atomic E-state index is 0.122. The van der Waals surface area contributed by atoms with E-state index in [0.717, 1.165) is 0 Å². The van der Waals surface area contributed by atoms with E-state index in [1.807, 2.05) is 13.8 Å². The second kappa shape index (κ2) is 10.4. The van der Waals surface area contributed by atoms with Crippen molar-refractivity contribution >= 4 is 5.91 Å². The molecule has 0 aliphatic heterocycles. The number of hydrogen-bond donors (Lipinski definition) is 2. The highest BCUT2D eigenvalue weighted by Gasteiger charge is 2.01. The molecule has 0 fully saturated rings. The Kier molecular flexibility index (Phi) is 9.45. The summed E-state index contributed by atoms with van der Waals surface area (Å²) in [6.45, 7) is 4.73. The average molecular weight is 247 g/mol. The third-order valence-corrected chi connectivity index (χ3v) is 2.13. The summed E-state index contributed by atoms with van der Waals surface area (Å²) in [5, 5.41) is 12.3. The molecular formula is C15H21NO2. The van der Waals surface area contributed by atoms with Gasteiger partial charge in [0.25, 0.3) is 0 Å². The lowest BCUT2D eigenvalue weighted by Crippen LogP contribution is -2.25. The molecule has 0 aromatic heterocycles. The summed E-state index contributed by atoms with van der Waals surface area (Å²) < 4.78 is 0. The van der Waals surface area contributed by atoms with Crippen LogP contribution in [0.15, 0.2) is 12.2 Å². The van der Waals surface area contributed by atoms with Gasteiger partial charge in [-0.3, -0.25) is 4.79 Å². The first kappa shape index (κ1) is 16.3. The fourth-order valence-corrected chi connectivity index (χ4v) is 1.17. The molecule has 0 heterocycles. The molecule has 3 heteroatoms. The Balaban J connectivity index is 3.73. The fourth-order valence-electron chi connectivity index (χ4n) is 1.17. The number of rotatable bonds is 7. The third kappa shape index (κ3) is 10.8. The minimum atomic E-state index is -0.480. The Hall–Kier alpha value is -1.71. The molecule has 2 N–H and O–H groups in total. The van der Waals surface area contributed by atoms with Crippen molar-refractivity contribution in [1.29, 1.82) is 0 Å². The van der Waals surface area contributed by atoms with Gasteiger partial charge in [0.1, 0.15) is 0 Å². The summed E-state index contributed by atoms with van der Waals surface area (Å²) >= 11 is 0. The van der Waals surface area contributed by atoms with Crippen molar-refractivity contribution in [1.82, 2.24) is 5.32 Å². The number of amides is 1. The molecule has 0 aliphatic carbocycles. The van der Waals surface area contributed by atoms with E-state index in [9.17, 15) is 9.90 Å². The van der Waals surface area contributed by atoms with Gasteiger partial charge in [0.15, 0.2) is 0 Å². The van der Waals surface area contributed by atoms with Crippen LogP contribution >= 0.6 is 0 Å². The van der Waals surface area contributed by atoms with Crippen LogP contribution in [0, 0.1) is 30.1 Å². The van der Waals surface area contributed by atoms with Gasteiger partial charge < -0.3 is 10.4 Å². The predicted molar refractivity (Wildman–Crippen MR) is 73.5 cm³/mol. The van der Waals surface area contributed by atoms with Crippen LogP contribution in [-0.2, 0) is 4.79 Å². The van der Waals surface area contributed by atoms with Gasteiger partial charge >= 0.3 is 0 Å². The topological polar surface area (TPSA) is 49.3 Å². The van der Waals surface area contributed by atoms with Crippen LogP contribution < -0.4 is 5.32 Å². The fraction of sp³-hybridized carbons (Fsp3) is 0.533. The van der Waals surface area contributed by atoms with Gasteiger partial charge in [0, 0.05) is 13.0 Å². The van der Waals surface area contributed by atoms with E-state index >= 15 is 0 Å². The van der Waals surface area contributed by atoms with E-state index < -0.39 is 6.10 Å². The average Bonchev–Trinajstić information content (AvgIpc) is 2.32. The molecule has 0 aliphatic rings. The molecule has 18 heavy (non-hydrogen) atoms. The maximum atomic E-state index is 11.3. The van der Waals surface area contributed by atoms with Gasteiger partial charge in [0.2, 0.25) is 5.91 Å². The molecule has 0 spiro atoms. The first-order valence-corrected chi connectivity index (χ1v) is 6.12. The maximum Gasteiger partial charge on any atom is 0.243 e. The molecule has 0 saturated heterocycles. The van der Waals surface area contributed by atoms with Gasteiger partial charge in [-0.05, 0) is 36.7 Å². The van der Waals surface area contributed by atoms with Crippen molar-refractivity contribution in [3.8, 4) is 24.2 Å². The Labute approximate surface area is 110 Å². The zero-order chi connectivity index (χ0) is 13.8.